The molecule has 1 aromatic rings. The summed E-state index contributed by atoms with van der Waals surface area (Å²) in [6.45, 7) is 8.22. The minimum Gasteiger partial charge on any atom is -0.389 e. The Labute approximate surface area is 101 Å². The summed E-state index contributed by atoms with van der Waals surface area (Å²) < 4.78 is 2.02. The number of aromatic nitrogens is 3. The summed E-state index contributed by atoms with van der Waals surface area (Å²) >= 11 is 1.58. The van der Waals surface area contributed by atoms with E-state index in [1.165, 1.54) is 0 Å². The van der Waals surface area contributed by atoms with E-state index in [0.717, 1.165) is 18.0 Å². The molecule has 0 aliphatic carbocycles. The van der Waals surface area contributed by atoms with Crippen molar-refractivity contribution >= 4 is 11.8 Å². The van der Waals surface area contributed by atoms with Crippen molar-refractivity contribution in [1.82, 2.24) is 14.8 Å². The van der Waals surface area contributed by atoms with Gasteiger partial charge in [0.25, 0.3) is 0 Å². The fourth-order valence-corrected chi connectivity index (χ4v) is 2.66. The van der Waals surface area contributed by atoms with Gasteiger partial charge in [-0.15, -0.1) is 10.2 Å². The van der Waals surface area contributed by atoms with Crippen LogP contribution in [0.25, 0.3) is 0 Å². The molecule has 16 heavy (non-hydrogen) atoms. The summed E-state index contributed by atoms with van der Waals surface area (Å²) in [7, 11) is 0. The minimum absolute atomic E-state index is 0.355. The second-order valence-electron chi connectivity index (χ2n) is 4.33. The Morgan fingerprint density at radius 1 is 1.44 bits per heavy atom. The molecule has 5 heteroatoms. The van der Waals surface area contributed by atoms with Crippen molar-refractivity contribution < 1.29 is 5.11 Å². The van der Waals surface area contributed by atoms with Gasteiger partial charge in [-0.05, 0) is 26.7 Å². The first-order valence-corrected chi connectivity index (χ1v) is 6.75. The predicted molar refractivity (Wildman–Crippen MR) is 66.7 cm³/mol. The minimum atomic E-state index is -0.585. The highest BCUT2D eigenvalue weighted by Crippen LogP contribution is 2.26. The summed E-state index contributed by atoms with van der Waals surface area (Å²) in [4.78, 5) is 0. The van der Waals surface area contributed by atoms with Crippen LogP contribution in [0, 0.1) is 0 Å². The fourth-order valence-electron chi connectivity index (χ4n) is 1.34. The van der Waals surface area contributed by atoms with Gasteiger partial charge in [0.05, 0.1) is 5.60 Å². The average Bonchev–Trinajstić information content (AvgIpc) is 2.74. The summed E-state index contributed by atoms with van der Waals surface area (Å²) in [5.41, 5.74) is -0.585. The second-order valence-corrected chi connectivity index (χ2v) is 5.28. The fraction of sp³-hybridized carbons (Fsp3) is 0.818. The predicted octanol–water partition coefficient (Wildman–Crippen LogP) is 2.50. The molecule has 0 aromatic carbocycles. The summed E-state index contributed by atoms with van der Waals surface area (Å²) in [5.74, 6) is 0.672. The Hall–Kier alpha value is -0.550. The van der Waals surface area contributed by atoms with Crippen LogP contribution in [0.15, 0.2) is 11.5 Å². The van der Waals surface area contributed by atoms with E-state index >= 15 is 0 Å². The number of hydrogen-bond donors (Lipinski definition) is 1. The van der Waals surface area contributed by atoms with Gasteiger partial charge in [-0.1, -0.05) is 25.6 Å². The SMILES string of the molecule is CCC(O)(CC)CSc1nncn1C(C)C. The normalized spacial score (nSPS) is 12.4. The van der Waals surface area contributed by atoms with Crippen molar-refractivity contribution in [2.45, 2.75) is 57.3 Å². The zero-order valence-electron chi connectivity index (χ0n) is 10.5. The van der Waals surface area contributed by atoms with E-state index in [1.807, 2.05) is 18.4 Å². The molecule has 1 rings (SSSR count). The molecule has 1 N–H and O–H groups in total. The number of rotatable bonds is 6. The van der Waals surface area contributed by atoms with Crippen molar-refractivity contribution in [2.24, 2.45) is 0 Å². The number of nitrogens with zero attached hydrogens (tertiary/aromatic N) is 3. The van der Waals surface area contributed by atoms with Crippen LogP contribution >= 0.6 is 11.8 Å². The maximum absolute atomic E-state index is 10.2. The van der Waals surface area contributed by atoms with Crippen molar-refractivity contribution in [3.63, 3.8) is 0 Å². The Kier molecular flexibility index (Phi) is 4.80. The summed E-state index contributed by atoms with van der Waals surface area (Å²) in [6.07, 6.45) is 3.28. The molecular formula is C11H21N3OS. The van der Waals surface area contributed by atoms with E-state index in [0.29, 0.717) is 11.8 Å². The molecule has 0 aliphatic heterocycles. The molecule has 0 aliphatic rings. The summed E-state index contributed by atoms with van der Waals surface area (Å²) in [5, 5.41) is 19.0. The molecule has 1 heterocycles. The number of aliphatic hydroxyl groups is 1. The first-order valence-electron chi connectivity index (χ1n) is 5.77. The largest absolute Gasteiger partial charge is 0.389 e. The Bertz CT molecular complexity index is 321. The molecular weight excluding hydrogens is 222 g/mol. The van der Waals surface area contributed by atoms with E-state index in [-0.39, 0.29) is 0 Å². The maximum atomic E-state index is 10.2. The van der Waals surface area contributed by atoms with Gasteiger partial charge >= 0.3 is 0 Å². The first-order chi connectivity index (χ1) is 7.52. The molecule has 92 valence electrons. The van der Waals surface area contributed by atoms with Gasteiger partial charge in [0.2, 0.25) is 0 Å². The van der Waals surface area contributed by atoms with Crippen LogP contribution in [0.4, 0.5) is 0 Å². The van der Waals surface area contributed by atoms with E-state index in [2.05, 4.69) is 24.0 Å². The van der Waals surface area contributed by atoms with Crippen molar-refractivity contribution in [1.29, 1.82) is 0 Å². The third-order valence-corrected chi connectivity index (χ3v) is 4.12. The van der Waals surface area contributed by atoms with E-state index in [1.54, 1.807) is 18.1 Å². The quantitative estimate of drug-likeness (QED) is 0.780. The van der Waals surface area contributed by atoms with Crippen molar-refractivity contribution in [2.75, 3.05) is 5.75 Å². The van der Waals surface area contributed by atoms with Gasteiger partial charge in [0, 0.05) is 11.8 Å². The molecule has 0 bridgehead atoms. The molecule has 4 nitrogen and oxygen atoms in total. The lowest BCUT2D eigenvalue weighted by Crippen LogP contribution is -2.29. The number of hydrogen-bond acceptors (Lipinski definition) is 4. The van der Waals surface area contributed by atoms with Crippen LogP contribution in [0.5, 0.6) is 0 Å². The van der Waals surface area contributed by atoms with Crippen molar-refractivity contribution in [3.05, 3.63) is 6.33 Å². The van der Waals surface area contributed by atoms with Gasteiger partial charge in [-0.3, -0.25) is 0 Å². The molecule has 0 saturated heterocycles. The van der Waals surface area contributed by atoms with Crippen LogP contribution in [-0.2, 0) is 0 Å². The molecule has 0 amide bonds. The molecule has 0 unspecified atom stereocenters. The van der Waals surface area contributed by atoms with Gasteiger partial charge in [-0.25, -0.2) is 0 Å². The van der Waals surface area contributed by atoms with E-state index < -0.39 is 5.60 Å². The lowest BCUT2D eigenvalue weighted by atomic mass is 10.0. The van der Waals surface area contributed by atoms with E-state index in [9.17, 15) is 5.11 Å². The monoisotopic (exact) mass is 243 g/mol. The average molecular weight is 243 g/mol. The standard InChI is InChI=1S/C11H21N3OS/c1-5-11(15,6-2)7-16-10-13-12-8-14(10)9(3)4/h8-9,15H,5-7H2,1-4H3. The Morgan fingerprint density at radius 2 is 2.06 bits per heavy atom. The first kappa shape index (κ1) is 13.5. The van der Waals surface area contributed by atoms with Crippen LogP contribution in [0.2, 0.25) is 0 Å². The maximum Gasteiger partial charge on any atom is 0.191 e. The molecule has 1 aromatic heterocycles. The lowest BCUT2D eigenvalue weighted by molar-refractivity contribution is 0.0571. The Balaban J connectivity index is 2.64. The third-order valence-electron chi connectivity index (χ3n) is 2.88. The summed E-state index contributed by atoms with van der Waals surface area (Å²) in [6, 6.07) is 0.355. The zero-order chi connectivity index (χ0) is 12.2. The van der Waals surface area contributed by atoms with Gasteiger partial charge in [0.1, 0.15) is 6.33 Å². The van der Waals surface area contributed by atoms with Crippen molar-refractivity contribution in [3.8, 4) is 0 Å². The highest BCUT2D eigenvalue weighted by Gasteiger charge is 2.23. The molecule has 0 saturated carbocycles. The van der Waals surface area contributed by atoms with Crippen LogP contribution in [0.1, 0.15) is 46.6 Å². The third kappa shape index (κ3) is 3.22. The highest BCUT2D eigenvalue weighted by molar-refractivity contribution is 7.99. The zero-order valence-corrected chi connectivity index (χ0v) is 11.3. The topological polar surface area (TPSA) is 50.9 Å². The second kappa shape index (κ2) is 5.68. The highest BCUT2D eigenvalue weighted by atomic mass is 32.2. The lowest BCUT2D eigenvalue weighted by Gasteiger charge is -2.24. The number of thioether (sulfide) groups is 1. The smallest absolute Gasteiger partial charge is 0.191 e. The van der Waals surface area contributed by atoms with Crippen LogP contribution in [-0.4, -0.2) is 31.2 Å². The Morgan fingerprint density at radius 3 is 2.56 bits per heavy atom. The van der Waals surface area contributed by atoms with Gasteiger partial charge < -0.3 is 9.67 Å². The molecule has 0 radical (unpaired) electrons. The van der Waals surface area contributed by atoms with E-state index in [4.69, 9.17) is 0 Å². The molecule has 0 spiro atoms. The van der Waals surface area contributed by atoms with Gasteiger partial charge in [-0.2, -0.15) is 0 Å². The molecule has 0 atom stereocenters. The molecule has 0 fully saturated rings. The van der Waals surface area contributed by atoms with Crippen LogP contribution < -0.4 is 0 Å². The van der Waals surface area contributed by atoms with Crippen LogP contribution in [0.3, 0.4) is 0 Å². The van der Waals surface area contributed by atoms with Gasteiger partial charge in [0.15, 0.2) is 5.16 Å².